The van der Waals surface area contributed by atoms with Crippen LogP contribution >= 0.6 is 0 Å². The molecule has 27 heteroatoms. The summed E-state index contributed by atoms with van der Waals surface area (Å²) in [6, 6.07) is 12.2. The Hall–Kier alpha value is -7.26. The first-order chi connectivity index (χ1) is 37.3. The number of hydrogen-bond acceptors (Lipinski definition) is 18. The lowest BCUT2D eigenvalue weighted by Gasteiger charge is -2.24. The molecule has 1 fully saturated rings. The Bertz CT molecular complexity index is 3010. The van der Waals surface area contributed by atoms with Crippen LogP contribution in [0.25, 0.3) is 11.2 Å². The molecule has 2 aliphatic heterocycles. The third-order valence-corrected chi connectivity index (χ3v) is 13.4. The lowest BCUT2D eigenvalue weighted by atomic mass is 9.89. The van der Waals surface area contributed by atoms with Crippen molar-refractivity contribution in [2.24, 2.45) is 22.7 Å². The number of carbonyl (C=O) groups excluding carboxylic acids is 6. The molecule has 3 aliphatic rings. The second kappa shape index (κ2) is 28.1. The Morgan fingerprint density at radius 1 is 0.949 bits per heavy atom. The Kier molecular flexibility index (Phi) is 21.6. The van der Waals surface area contributed by atoms with Gasteiger partial charge in [0.15, 0.2) is 17.6 Å². The molecule has 0 bridgehead atoms. The summed E-state index contributed by atoms with van der Waals surface area (Å²) in [5.74, 6) is -0.0369. The number of primary amides is 1. The minimum atomic E-state index is -4.39. The van der Waals surface area contributed by atoms with Gasteiger partial charge in [0.05, 0.1) is 65.4 Å². The van der Waals surface area contributed by atoms with Crippen molar-refractivity contribution in [3.63, 3.8) is 0 Å². The number of rotatable bonds is 31. The molecule has 4 aromatic rings. The summed E-state index contributed by atoms with van der Waals surface area (Å²) in [6.45, 7) is 4.58. The van der Waals surface area contributed by atoms with Crippen LogP contribution in [-0.4, -0.2) is 157 Å². The van der Waals surface area contributed by atoms with Gasteiger partial charge in [0.25, 0.3) is 17.5 Å². The van der Waals surface area contributed by atoms with Gasteiger partial charge in [-0.15, -0.1) is 6.42 Å². The van der Waals surface area contributed by atoms with Gasteiger partial charge in [-0.05, 0) is 54.7 Å². The minimum Gasteiger partial charge on any atom is -0.387 e. The van der Waals surface area contributed by atoms with Crippen LogP contribution in [0, 0.1) is 31.6 Å². The Morgan fingerprint density at radius 2 is 1.63 bits per heavy atom. The first-order valence-corrected chi connectivity index (χ1v) is 26.6. The number of imide groups is 1. The number of aliphatic hydroxyl groups is 2. The van der Waals surface area contributed by atoms with Crippen LogP contribution in [0.4, 0.5) is 22.0 Å². The zero-order chi connectivity index (χ0) is 56.1. The maximum Gasteiger partial charge on any atom is 0.333 e. The molecular weight excluding hydrogens is 1050 g/mol. The molecule has 79 heavy (non-hydrogen) atoms. The number of carbonyl (C=O) groups is 6. The van der Waals surface area contributed by atoms with Gasteiger partial charge in [0.2, 0.25) is 30.2 Å². The first-order valence-electron chi connectivity index (χ1n) is 25.2. The van der Waals surface area contributed by atoms with Crippen molar-refractivity contribution in [1.82, 2.24) is 30.1 Å². The van der Waals surface area contributed by atoms with Crippen LogP contribution in [0.15, 0.2) is 72.3 Å². The van der Waals surface area contributed by atoms with Gasteiger partial charge >= 0.3 is 16.3 Å². The monoisotopic (exact) mass is 1120 g/mol. The number of urea groups is 1. The molecule has 6 amide bonds. The Labute approximate surface area is 456 Å². The highest BCUT2D eigenvalue weighted by Gasteiger charge is 2.48. The van der Waals surface area contributed by atoms with Gasteiger partial charge in [-0.3, -0.25) is 33.1 Å². The minimum absolute atomic E-state index is 0. The molecule has 10 N–H and O–H groups in total. The number of piperidine rings is 1. The molecular formula is C52H67N11O15S. The summed E-state index contributed by atoms with van der Waals surface area (Å²) in [7, 11) is -4.39. The smallest absolute Gasteiger partial charge is 0.333 e. The first kappa shape index (κ1) is 61.0. The van der Waals surface area contributed by atoms with Gasteiger partial charge in [-0.1, -0.05) is 43.0 Å². The molecule has 7 rings (SSSR count). The van der Waals surface area contributed by atoms with E-state index in [0.717, 1.165) is 0 Å². The van der Waals surface area contributed by atoms with Crippen LogP contribution < -0.4 is 36.7 Å². The zero-order valence-corrected chi connectivity index (χ0v) is 44.8. The summed E-state index contributed by atoms with van der Waals surface area (Å²) in [4.78, 5) is 86.6. The van der Waals surface area contributed by atoms with Crippen LogP contribution in [-0.2, 0) is 64.0 Å². The molecule has 0 saturated carbocycles. The summed E-state index contributed by atoms with van der Waals surface area (Å²) >= 11 is 0. The maximum atomic E-state index is 14.0. The standard InChI is InChI=1S/C51H63N11O15S.CH3/c1-4-31-7-5-9-35(23-31)57-45-42-47(62(29-55-42)50-44(66)43(65)39(77-50)27-76-78(53,71)72)60(28-56-45)26-32-10-12-34(13-11-32)58-46(67)33(8-6-15-54-51(52)70)24-38(63)41(30(2)3)59-40(64)14-17-73-19-21-75-22-20-74-18-16-61-48(68)36-25-37(36)49(61)69;/h1,5,7,9-13,23,28-30,33,39,41,43-44,50,65-66H,6,8,14-22,24-27H2,2-3H3,(H7,52,53,54,58,59,64,67,70,71,72);1H3/q;-1/p+1/t33-,39-,41+,43-,44-,50-;/m1./s1. The summed E-state index contributed by atoms with van der Waals surface area (Å²) in [5.41, 5.74) is 9.47. The van der Waals surface area contributed by atoms with Crippen molar-refractivity contribution in [3.05, 3.63) is 90.9 Å². The SMILES string of the molecule is C#Cc1cccc(Nc2nc[n+](Cc3ccc(NC(=O)[C@H](CCCNC(N)=O)CC(=O)[C@@H](NC(=O)CCOCCOCCOCCN4C(=O)C5=C(C5)C4=O)C(C)C)cc3)c3c2ncn3[C@@H]2O[C@H](COS(N)(=O)=O)[C@@H](O)[C@H]2O)c1.[CH3-]. The number of hydrogen-bond donors (Lipinski definition) is 8. The number of likely N-dealkylation sites (tertiary alicyclic amines) is 1. The van der Waals surface area contributed by atoms with Gasteiger partial charge < -0.3 is 63.6 Å². The van der Waals surface area contributed by atoms with E-state index in [9.17, 15) is 47.4 Å². The molecule has 26 nitrogen and oxygen atoms in total. The average molecular weight is 1120 g/mol. The predicted molar refractivity (Wildman–Crippen MR) is 283 cm³/mol. The number of terminal acetylenes is 1. The normalized spacial score (nSPS) is 18.5. The molecule has 6 atom stereocenters. The molecule has 0 radical (unpaired) electrons. The summed E-state index contributed by atoms with van der Waals surface area (Å²) < 4.78 is 53.3. The average Bonchev–Trinajstić information content (AvgIpc) is 4.10. The van der Waals surface area contributed by atoms with Gasteiger partial charge in [0.1, 0.15) is 18.3 Å². The van der Waals surface area contributed by atoms with Crippen molar-refractivity contribution >= 4 is 74.1 Å². The summed E-state index contributed by atoms with van der Waals surface area (Å²) in [5, 5.41) is 38.4. The van der Waals surface area contributed by atoms with Crippen LogP contribution in [0.3, 0.4) is 0 Å². The van der Waals surface area contributed by atoms with Gasteiger partial charge in [0, 0.05) is 59.8 Å². The highest BCUT2D eigenvalue weighted by atomic mass is 32.2. The highest BCUT2D eigenvalue weighted by Crippen LogP contribution is 2.40. The van der Waals surface area contributed by atoms with E-state index in [2.05, 4.69) is 41.3 Å². The zero-order valence-electron chi connectivity index (χ0n) is 44.0. The molecule has 0 unspecified atom stereocenters. The molecule has 2 aromatic heterocycles. The number of nitrogens with one attached hydrogen (secondary N) is 4. The van der Waals surface area contributed by atoms with Crippen molar-refractivity contribution in [2.75, 3.05) is 70.0 Å². The third kappa shape index (κ3) is 16.6. The van der Waals surface area contributed by atoms with E-state index in [-0.39, 0.29) is 109 Å². The van der Waals surface area contributed by atoms with Crippen molar-refractivity contribution in [1.29, 1.82) is 0 Å². The molecule has 4 heterocycles. The van der Waals surface area contributed by atoms with Crippen LogP contribution in [0.2, 0.25) is 0 Å². The number of aromatic nitrogens is 4. The topological polar surface area (TPSA) is 361 Å². The highest BCUT2D eigenvalue weighted by molar-refractivity contribution is 7.84. The fraction of sp³-hybridized carbons (Fsp3) is 0.462. The number of imidazole rings is 1. The van der Waals surface area contributed by atoms with Crippen molar-refractivity contribution in [3.8, 4) is 12.3 Å². The molecule has 2 aromatic carbocycles. The Morgan fingerprint density at radius 3 is 2.29 bits per heavy atom. The second-order valence-corrected chi connectivity index (χ2v) is 20.2. The number of anilines is 3. The van der Waals surface area contributed by atoms with Crippen LogP contribution in [0.5, 0.6) is 0 Å². The number of aliphatic hydroxyl groups excluding tert-OH is 2. The van der Waals surface area contributed by atoms with Crippen LogP contribution in [0.1, 0.15) is 63.3 Å². The number of Topliss-reactive ketones (excluding diaryl/α,β-unsaturated/α-hetero) is 1. The predicted octanol–water partition coefficient (Wildman–Crippen LogP) is 0.394. The Balaban J connectivity index is 0.0000101. The molecule has 0 spiro atoms. The number of fused-ring (bicyclic) bond motifs is 1. The van der Waals surface area contributed by atoms with E-state index in [4.69, 9.17) is 36.2 Å². The lowest BCUT2D eigenvalue weighted by molar-refractivity contribution is -0.668. The lowest BCUT2D eigenvalue weighted by Crippen LogP contribution is -2.45. The largest absolute Gasteiger partial charge is 0.387 e. The van der Waals surface area contributed by atoms with Gasteiger partial charge in [-0.2, -0.15) is 8.42 Å². The van der Waals surface area contributed by atoms with Crippen molar-refractivity contribution in [2.45, 2.75) is 83.1 Å². The van der Waals surface area contributed by atoms with Crippen molar-refractivity contribution < 1.29 is 75.1 Å². The molecule has 1 saturated heterocycles. The molecule has 426 valence electrons. The quantitative estimate of drug-likeness (QED) is 0.0111. The molecule has 1 aliphatic carbocycles. The van der Waals surface area contributed by atoms with E-state index in [1.165, 1.54) is 22.1 Å². The number of amides is 6. The number of ketones is 1. The van der Waals surface area contributed by atoms with E-state index in [1.807, 2.05) is 0 Å². The number of nitrogens with two attached hydrogens (primary N) is 2. The number of benzene rings is 2. The second-order valence-electron chi connectivity index (χ2n) is 19.0. The van der Waals surface area contributed by atoms with Gasteiger partial charge in [-0.25, -0.2) is 24.1 Å². The van der Waals surface area contributed by atoms with E-state index in [1.54, 1.807) is 66.9 Å². The number of ether oxygens (including phenoxy) is 4. The maximum absolute atomic E-state index is 14.0. The van der Waals surface area contributed by atoms with E-state index in [0.29, 0.717) is 63.5 Å². The fourth-order valence-corrected chi connectivity index (χ4v) is 9.13. The van der Waals surface area contributed by atoms with E-state index < -0.39 is 71.3 Å². The summed E-state index contributed by atoms with van der Waals surface area (Å²) in [6.07, 6.45) is 3.57. The van der Waals surface area contributed by atoms with E-state index >= 15 is 0 Å². The number of nitrogens with zero attached hydrogens (tertiary/aromatic N) is 5. The fourth-order valence-electron chi connectivity index (χ4n) is 8.81. The third-order valence-electron chi connectivity index (χ3n) is 12.9.